The monoisotopic (exact) mass is 301 g/mol. The van der Waals surface area contributed by atoms with Crippen LogP contribution in [0.25, 0.3) is 0 Å². The third-order valence-electron chi connectivity index (χ3n) is 3.91. The van der Waals surface area contributed by atoms with Crippen LogP contribution in [0.5, 0.6) is 0 Å². The van der Waals surface area contributed by atoms with Gasteiger partial charge in [0, 0.05) is 19.3 Å². The molecule has 1 fully saturated rings. The number of likely N-dealkylation sites (N-methyl/N-ethyl adjacent to an activating group) is 1. The van der Waals surface area contributed by atoms with E-state index in [0.717, 1.165) is 19.4 Å². The zero-order valence-electron chi connectivity index (χ0n) is 12.6. The summed E-state index contributed by atoms with van der Waals surface area (Å²) < 4.78 is 31.6. The van der Waals surface area contributed by atoms with Crippen molar-refractivity contribution in [3.63, 3.8) is 0 Å². The smallest absolute Gasteiger partial charge is 0.257 e. The number of amides is 1. The molecule has 0 saturated carbocycles. The van der Waals surface area contributed by atoms with E-state index in [1.807, 2.05) is 0 Å². The molecule has 1 amide bonds. The van der Waals surface area contributed by atoms with E-state index < -0.39 is 13.0 Å². The summed E-state index contributed by atoms with van der Waals surface area (Å²) in [5.74, 6) is -0.180. The van der Waals surface area contributed by atoms with Crippen LogP contribution in [0.4, 0.5) is 8.78 Å². The first-order valence-electron chi connectivity index (χ1n) is 7.09. The highest BCUT2D eigenvalue weighted by Gasteiger charge is 2.28. The van der Waals surface area contributed by atoms with Gasteiger partial charge in [0.15, 0.2) is 0 Å². The molecular weight excluding hydrogens is 280 g/mol. The topological polar surface area (TPSA) is 47.4 Å². The number of nitrogens with zero attached hydrogens (tertiary/aromatic N) is 3. The van der Waals surface area contributed by atoms with Gasteiger partial charge >= 0.3 is 0 Å². The molecule has 1 aliphatic rings. The highest BCUT2D eigenvalue weighted by molar-refractivity contribution is 5.96. The van der Waals surface area contributed by atoms with Crippen molar-refractivity contribution in [1.82, 2.24) is 14.7 Å². The summed E-state index contributed by atoms with van der Waals surface area (Å²) in [4.78, 5) is 14.3. The van der Waals surface area contributed by atoms with Crippen molar-refractivity contribution in [2.75, 3.05) is 20.3 Å². The van der Waals surface area contributed by atoms with Crippen molar-refractivity contribution in [2.24, 2.45) is 0 Å². The van der Waals surface area contributed by atoms with Crippen molar-refractivity contribution in [3.05, 3.63) is 17.0 Å². The predicted octanol–water partition coefficient (Wildman–Crippen LogP) is 2.02. The van der Waals surface area contributed by atoms with E-state index in [9.17, 15) is 13.6 Å². The minimum absolute atomic E-state index is 0.0310. The summed E-state index contributed by atoms with van der Waals surface area (Å²) in [5, 5.41) is 4.06. The van der Waals surface area contributed by atoms with Gasteiger partial charge in [0.2, 0.25) is 0 Å². The highest BCUT2D eigenvalue weighted by Crippen LogP contribution is 2.20. The molecule has 0 bridgehead atoms. The molecule has 21 heavy (non-hydrogen) atoms. The fourth-order valence-electron chi connectivity index (χ4n) is 2.69. The van der Waals surface area contributed by atoms with E-state index in [4.69, 9.17) is 4.74 Å². The van der Waals surface area contributed by atoms with Gasteiger partial charge < -0.3 is 9.64 Å². The third kappa shape index (κ3) is 3.40. The zero-order valence-corrected chi connectivity index (χ0v) is 12.6. The molecule has 0 radical (unpaired) electrons. The summed E-state index contributed by atoms with van der Waals surface area (Å²) in [6, 6.07) is 0.0310. The maximum atomic E-state index is 12.6. The number of hydrogen-bond donors (Lipinski definition) is 0. The van der Waals surface area contributed by atoms with Gasteiger partial charge in [-0.1, -0.05) is 0 Å². The van der Waals surface area contributed by atoms with Crippen LogP contribution in [0, 0.1) is 13.8 Å². The van der Waals surface area contributed by atoms with Crippen LogP contribution in [0.3, 0.4) is 0 Å². The second-order valence-corrected chi connectivity index (χ2v) is 5.41. The normalized spacial score (nSPS) is 19.0. The first-order valence-corrected chi connectivity index (χ1v) is 7.09. The molecule has 1 aromatic heterocycles. The molecular formula is C14H21F2N3O2. The fourth-order valence-corrected chi connectivity index (χ4v) is 2.69. The maximum absolute atomic E-state index is 12.6. The molecule has 7 heteroatoms. The van der Waals surface area contributed by atoms with Crippen molar-refractivity contribution in [3.8, 4) is 0 Å². The van der Waals surface area contributed by atoms with Crippen molar-refractivity contribution < 1.29 is 18.3 Å². The Labute approximate surface area is 122 Å². The van der Waals surface area contributed by atoms with Crippen LogP contribution in [0.15, 0.2) is 0 Å². The first kappa shape index (κ1) is 15.9. The summed E-state index contributed by atoms with van der Waals surface area (Å²) in [7, 11) is 1.73. The molecule has 2 heterocycles. The largest absolute Gasteiger partial charge is 0.379 e. The maximum Gasteiger partial charge on any atom is 0.257 e. The number of aryl methyl sites for hydroxylation is 1. The second-order valence-electron chi connectivity index (χ2n) is 5.41. The van der Waals surface area contributed by atoms with Crippen molar-refractivity contribution in [2.45, 2.75) is 45.7 Å². The lowest BCUT2D eigenvalue weighted by Gasteiger charge is -2.31. The number of ether oxygens (including phenoxy) is 1. The Balaban J connectivity index is 2.20. The Morgan fingerprint density at radius 2 is 2.24 bits per heavy atom. The van der Waals surface area contributed by atoms with Crippen LogP contribution >= 0.6 is 0 Å². The quantitative estimate of drug-likeness (QED) is 0.855. The van der Waals surface area contributed by atoms with Gasteiger partial charge in [-0.3, -0.25) is 9.48 Å². The van der Waals surface area contributed by atoms with Gasteiger partial charge in [-0.05, 0) is 26.7 Å². The Kier molecular flexibility index (Phi) is 4.92. The SMILES string of the molecule is Cc1nn(CC(F)F)c(C)c1C(=O)N(C)C1CCCOC1. The van der Waals surface area contributed by atoms with Crippen LogP contribution < -0.4 is 0 Å². The molecule has 1 saturated heterocycles. The van der Waals surface area contributed by atoms with Gasteiger partial charge in [0.25, 0.3) is 12.3 Å². The molecule has 0 aromatic carbocycles. The third-order valence-corrected chi connectivity index (χ3v) is 3.91. The molecule has 118 valence electrons. The average Bonchev–Trinajstić information content (AvgIpc) is 2.72. The summed E-state index contributed by atoms with van der Waals surface area (Å²) in [6.45, 7) is 4.08. The van der Waals surface area contributed by atoms with E-state index in [2.05, 4.69) is 5.10 Å². The lowest BCUT2D eigenvalue weighted by molar-refractivity contribution is 0.0243. The Morgan fingerprint density at radius 3 is 2.81 bits per heavy atom. The minimum atomic E-state index is -2.49. The summed E-state index contributed by atoms with van der Waals surface area (Å²) in [6.07, 6.45) is -0.674. The number of halogens is 2. The summed E-state index contributed by atoms with van der Waals surface area (Å²) in [5.41, 5.74) is 1.40. The standard InChI is InChI=1S/C14H21F2N3O2/c1-9-13(10(2)19(17-9)7-12(15)16)14(20)18(3)11-5-4-6-21-8-11/h11-12H,4-8H2,1-3H3. The van der Waals surface area contributed by atoms with E-state index in [1.54, 1.807) is 25.8 Å². The van der Waals surface area contributed by atoms with Crippen LogP contribution in [-0.4, -0.2) is 53.3 Å². The van der Waals surface area contributed by atoms with Crippen LogP contribution in [0.2, 0.25) is 0 Å². The average molecular weight is 301 g/mol. The second kappa shape index (κ2) is 6.51. The Hall–Kier alpha value is -1.50. The molecule has 1 atom stereocenters. The number of carbonyl (C=O) groups excluding carboxylic acids is 1. The molecule has 5 nitrogen and oxygen atoms in total. The molecule has 0 N–H and O–H groups in total. The molecule has 0 spiro atoms. The molecule has 1 aromatic rings. The minimum Gasteiger partial charge on any atom is -0.379 e. The van der Waals surface area contributed by atoms with Gasteiger partial charge in [0.05, 0.1) is 23.9 Å². The molecule has 1 unspecified atom stereocenters. The van der Waals surface area contributed by atoms with Crippen molar-refractivity contribution >= 4 is 5.91 Å². The number of rotatable bonds is 4. The summed E-state index contributed by atoms with van der Waals surface area (Å²) >= 11 is 0. The number of alkyl halides is 2. The first-order chi connectivity index (χ1) is 9.91. The predicted molar refractivity (Wildman–Crippen MR) is 73.6 cm³/mol. The lowest BCUT2D eigenvalue weighted by atomic mass is 10.1. The van der Waals surface area contributed by atoms with E-state index >= 15 is 0 Å². The van der Waals surface area contributed by atoms with Crippen LogP contribution in [0.1, 0.15) is 34.6 Å². The van der Waals surface area contributed by atoms with Gasteiger partial charge in [-0.15, -0.1) is 0 Å². The number of hydrogen-bond acceptors (Lipinski definition) is 3. The van der Waals surface area contributed by atoms with Crippen LogP contribution in [-0.2, 0) is 11.3 Å². The molecule has 1 aliphatic heterocycles. The van der Waals surface area contributed by atoms with E-state index in [1.165, 1.54) is 4.68 Å². The highest BCUT2D eigenvalue weighted by atomic mass is 19.3. The van der Waals surface area contributed by atoms with Gasteiger partial charge in [-0.2, -0.15) is 5.10 Å². The van der Waals surface area contributed by atoms with E-state index in [0.29, 0.717) is 23.6 Å². The fraction of sp³-hybridized carbons (Fsp3) is 0.714. The van der Waals surface area contributed by atoms with Crippen molar-refractivity contribution in [1.29, 1.82) is 0 Å². The van der Waals surface area contributed by atoms with Gasteiger partial charge in [0.1, 0.15) is 6.54 Å². The molecule has 2 rings (SSSR count). The number of aromatic nitrogens is 2. The van der Waals surface area contributed by atoms with E-state index in [-0.39, 0.29) is 11.9 Å². The zero-order chi connectivity index (χ0) is 15.6. The number of carbonyl (C=O) groups is 1. The molecule has 0 aliphatic carbocycles. The lowest BCUT2D eigenvalue weighted by Crippen LogP contribution is -2.42. The van der Waals surface area contributed by atoms with Gasteiger partial charge in [-0.25, -0.2) is 8.78 Å². The Bertz CT molecular complexity index is 511. The Morgan fingerprint density at radius 1 is 1.52 bits per heavy atom.